The summed E-state index contributed by atoms with van der Waals surface area (Å²) in [6.45, 7) is 14.0. The largest absolute Gasteiger partial charge is 0.0834 e. The van der Waals surface area contributed by atoms with Crippen LogP contribution in [0.25, 0.3) is 0 Å². The van der Waals surface area contributed by atoms with Crippen molar-refractivity contribution < 1.29 is 0 Å². The molecule has 0 spiro atoms. The van der Waals surface area contributed by atoms with Gasteiger partial charge in [0, 0.05) is 5.92 Å². The second kappa shape index (κ2) is 6.48. The zero-order valence-corrected chi connectivity index (χ0v) is 16.6. The van der Waals surface area contributed by atoms with Crippen molar-refractivity contribution in [2.24, 2.45) is 16.7 Å². The van der Waals surface area contributed by atoms with Gasteiger partial charge >= 0.3 is 0 Å². The topological polar surface area (TPSA) is 0 Å². The van der Waals surface area contributed by atoms with Crippen LogP contribution in [-0.2, 0) is 6.42 Å². The van der Waals surface area contributed by atoms with Crippen LogP contribution in [0.3, 0.4) is 0 Å². The van der Waals surface area contributed by atoms with Crippen LogP contribution in [0.4, 0.5) is 0 Å². The van der Waals surface area contributed by atoms with Gasteiger partial charge in [0.05, 0.1) is 0 Å². The van der Waals surface area contributed by atoms with E-state index in [4.69, 9.17) is 0 Å². The Labute approximate surface area is 154 Å². The minimum absolute atomic E-state index is 0.198. The molecule has 0 radical (unpaired) electrons. The Kier molecular flexibility index (Phi) is 4.66. The highest BCUT2D eigenvalue weighted by atomic mass is 14.4. The van der Waals surface area contributed by atoms with E-state index >= 15 is 0 Å². The van der Waals surface area contributed by atoms with Crippen LogP contribution in [-0.4, -0.2) is 0 Å². The van der Waals surface area contributed by atoms with Crippen molar-refractivity contribution in [2.75, 3.05) is 0 Å². The highest BCUT2D eigenvalue weighted by Gasteiger charge is 2.36. The van der Waals surface area contributed by atoms with Crippen LogP contribution in [0.1, 0.15) is 69.7 Å². The first kappa shape index (κ1) is 18.0. The van der Waals surface area contributed by atoms with Gasteiger partial charge in [0.1, 0.15) is 0 Å². The normalized spacial score (nSPS) is 16.6. The third-order valence-corrected chi connectivity index (χ3v) is 5.32. The Bertz CT molecular complexity index is 720. The molecular formula is C25H32. The molecule has 0 saturated carbocycles. The molecule has 0 aliphatic heterocycles. The lowest BCUT2D eigenvalue weighted by Gasteiger charge is -2.40. The Morgan fingerprint density at radius 3 is 1.72 bits per heavy atom. The predicted octanol–water partition coefficient (Wildman–Crippen LogP) is 6.99. The van der Waals surface area contributed by atoms with Gasteiger partial charge in [-0.1, -0.05) is 102 Å². The van der Waals surface area contributed by atoms with Gasteiger partial charge in [-0.15, -0.1) is 0 Å². The second-order valence-electron chi connectivity index (χ2n) is 9.67. The zero-order chi connectivity index (χ0) is 18.2. The van der Waals surface area contributed by atoms with E-state index in [9.17, 15) is 0 Å². The standard InChI is InChI=1S/C25H32/c1-24(2,3)16-15-22(25(4,5)6)23-20-13-9-7-11-18(20)17-19-12-8-10-14-21(19)23/h7-16,22-23H,17H2,1-6H3/b16-15+. The van der Waals surface area contributed by atoms with Crippen LogP contribution in [0, 0.1) is 16.7 Å². The zero-order valence-electron chi connectivity index (χ0n) is 16.6. The molecule has 1 aliphatic carbocycles. The first-order valence-electron chi connectivity index (χ1n) is 9.52. The minimum Gasteiger partial charge on any atom is -0.0834 e. The number of hydrogen-bond acceptors (Lipinski definition) is 0. The lowest BCUT2D eigenvalue weighted by atomic mass is 9.64. The van der Waals surface area contributed by atoms with E-state index in [-0.39, 0.29) is 10.8 Å². The third kappa shape index (κ3) is 3.89. The van der Waals surface area contributed by atoms with Crippen LogP contribution < -0.4 is 0 Å². The van der Waals surface area contributed by atoms with Crippen LogP contribution >= 0.6 is 0 Å². The van der Waals surface area contributed by atoms with Gasteiger partial charge in [-0.05, 0) is 45.4 Å². The molecule has 3 rings (SSSR count). The van der Waals surface area contributed by atoms with E-state index in [1.807, 2.05) is 0 Å². The lowest BCUT2D eigenvalue weighted by Crippen LogP contribution is -2.29. The highest BCUT2D eigenvalue weighted by molar-refractivity contribution is 5.50. The summed E-state index contributed by atoms with van der Waals surface area (Å²) in [6.07, 6.45) is 5.95. The molecule has 132 valence electrons. The molecule has 0 heterocycles. The van der Waals surface area contributed by atoms with E-state index in [1.165, 1.54) is 22.3 Å². The predicted molar refractivity (Wildman–Crippen MR) is 109 cm³/mol. The van der Waals surface area contributed by atoms with Crippen molar-refractivity contribution in [2.45, 2.75) is 53.9 Å². The summed E-state index contributed by atoms with van der Waals surface area (Å²) in [5.41, 5.74) is 6.41. The van der Waals surface area contributed by atoms with Gasteiger partial charge in [0.15, 0.2) is 0 Å². The van der Waals surface area contributed by atoms with Gasteiger partial charge in [0.2, 0.25) is 0 Å². The van der Waals surface area contributed by atoms with Crippen LogP contribution in [0.5, 0.6) is 0 Å². The summed E-state index contributed by atoms with van der Waals surface area (Å²) < 4.78 is 0. The summed E-state index contributed by atoms with van der Waals surface area (Å²) >= 11 is 0. The molecule has 0 heteroatoms. The van der Waals surface area contributed by atoms with Crippen molar-refractivity contribution in [3.63, 3.8) is 0 Å². The van der Waals surface area contributed by atoms with Crippen molar-refractivity contribution in [1.82, 2.24) is 0 Å². The van der Waals surface area contributed by atoms with Crippen molar-refractivity contribution in [3.8, 4) is 0 Å². The molecule has 0 bridgehead atoms. The fourth-order valence-electron chi connectivity index (χ4n) is 4.05. The number of fused-ring (bicyclic) bond motifs is 2. The first-order valence-corrected chi connectivity index (χ1v) is 9.52. The second-order valence-corrected chi connectivity index (χ2v) is 9.67. The number of rotatable bonds is 2. The van der Waals surface area contributed by atoms with Crippen molar-refractivity contribution >= 4 is 0 Å². The van der Waals surface area contributed by atoms with E-state index < -0.39 is 0 Å². The summed E-state index contributed by atoms with van der Waals surface area (Å²) in [5, 5.41) is 0. The molecule has 0 fully saturated rings. The lowest BCUT2D eigenvalue weighted by molar-refractivity contribution is 0.264. The maximum absolute atomic E-state index is 2.49. The minimum atomic E-state index is 0.198. The van der Waals surface area contributed by atoms with E-state index in [1.54, 1.807) is 0 Å². The monoisotopic (exact) mass is 332 g/mol. The summed E-state index contributed by atoms with van der Waals surface area (Å²) in [6, 6.07) is 18.1. The van der Waals surface area contributed by atoms with Crippen LogP contribution in [0.15, 0.2) is 60.7 Å². The van der Waals surface area contributed by atoms with Gasteiger partial charge in [0.25, 0.3) is 0 Å². The Hall–Kier alpha value is -1.82. The molecule has 0 aromatic heterocycles. The third-order valence-electron chi connectivity index (χ3n) is 5.32. The fourth-order valence-corrected chi connectivity index (χ4v) is 4.05. The average Bonchev–Trinajstić information content (AvgIpc) is 2.52. The molecule has 1 unspecified atom stereocenters. The Morgan fingerprint density at radius 1 is 0.800 bits per heavy atom. The van der Waals surface area contributed by atoms with E-state index in [2.05, 4.69) is 102 Å². The van der Waals surface area contributed by atoms with Crippen molar-refractivity contribution in [3.05, 3.63) is 82.9 Å². The number of hydrogen-bond donors (Lipinski definition) is 0. The molecule has 2 aromatic carbocycles. The van der Waals surface area contributed by atoms with E-state index in [0.717, 1.165) is 6.42 Å². The maximum atomic E-state index is 2.49. The number of benzene rings is 2. The van der Waals surface area contributed by atoms with E-state index in [0.29, 0.717) is 11.8 Å². The molecular weight excluding hydrogens is 300 g/mol. The molecule has 0 saturated heterocycles. The molecule has 25 heavy (non-hydrogen) atoms. The fraction of sp³-hybridized carbons (Fsp3) is 0.440. The van der Waals surface area contributed by atoms with Gasteiger partial charge in [-0.2, -0.15) is 0 Å². The molecule has 1 atom stereocenters. The highest BCUT2D eigenvalue weighted by Crippen LogP contribution is 2.48. The first-order chi connectivity index (χ1) is 11.7. The summed E-state index contributed by atoms with van der Waals surface area (Å²) in [4.78, 5) is 0. The maximum Gasteiger partial charge on any atom is 0.0163 e. The summed E-state index contributed by atoms with van der Waals surface area (Å²) in [7, 11) is 0. The Morgan fingerprint density at radius 2 is 1.28 bits per heavy atom. The molecule has 0 amide bonds. The van der Waals surface area contributed by atoms with Gasteiger partial charge in [-0.3, -0.25) is 0 Å². The molecule has 0 N–H and O–H groups in total. The molecule has 2 aromatic rings. The van der Waals surface area contributed by atoms with Gasteiger partial charge < -0.3 is 0 Å². The van der Waals surface area contributed by atoms with Crippen LogP contribution in [0.2, 0.25) is 0 Å². The van der Waals surface area contributed by atoms with Crippen molar-refractivity contribution in [1.29, 1.82) is 0 Å². The summed E-state index contributed by atoms with van der Waals surface area (Å²) in [5.74, 6) is 0.897. The van der Waals surface area contributed by atoms with Gasteiger partial charge in [-0.25, -0.2) is 0 Å². The number of allylic oxidation sites excluding steroid dienone is 2. The molecule has 0 nitrogen and oxygen atoms in total. The SMILES string of the molecule is CC(C)(C)/C=C/C(C1c2ccccc2Cc2ccccc21)C(C)(C)C. The molecule has 1 aliphatic rings. The Balaban J connectivity index is 2.17. The average molecular weight is 333 g/mol. The smallest absolute Gasteiger partial charge is 0.0163 e. The quantitative estimate of drug-likeness (QED) is 0.520.